The molecule has 1 aliphatic heterocycles. The van der Waals surface area contributed by atoms with Crippen LogP contribution in [0.2, 0.25) is 0 Å². The van der Waals surface area contributed by atoms with Gasteiger partial charge in [-0.3, -0.25) is 0 Å². The van der Waals surface area contributed by atoms with Gasteiger partial charge in [0.2, 0.25) is 0 Å². The van der Waals surface area contributed by atoms with Gasteiger partial charge in [-0.15, -0.1) is 16.9 Å². The average Bonchev–Trinajstić information content (AvgIpc) is 2.51. The Morgan fingerprint density at radius 2 is 1.91 bits per heavy atom. The van der Waals surface area contributed by atoms with Gasteiger partial charge in [-0.25, -0.2) is 0 Å². The van der Waals surface area contributed by atoms with Crippen LogP contribution in [0.15, 0.2) is 35.4 Å². The normalized spacial score (nSPS) is 16.0. The molecule has 0 atom stereocenters. The van der Waals surface area contributed by atoms with E-state index in [1.54, 1.807) is 0 Å². The minimum Gasteiger partial charge on any atom is -0.355 e. The van der Waals surface area contributed by atoms with Crippen LogP contribution in [0.25, 0.3) is 0 Å². The first-order chi connectivity index (χ1) is 10.6. The molecule has 1 saturated heterocycles. The summed E-state index contributed by atoms with van der Waals surface area (Å²) < 4.78 is 0. The van der Waals surface area contributed by atoms with Crippen LogP contribution in [0.3, 0.4) is 0 Å². The van der Waals surface area contributed by atoms with Crippen molar-refractivity contribution in [2.75, 3.05) is 18.0 Å². The number of hydrogen-bond donors (Lipinski definition) is 0. The summed E-state index contributed by atoms with van der Waals surface area (Å²) >= 11 is 2.02. The van der Waals surface area contributed by atoms with Crippen molar-refractivity contribution >= 4 is 17.6 Å². The molecule has 1 aromatic carbocycles. The van der Waals surface area contributed by atoms with Gasteiger partial charge < -0.3 is 4.90 Å². The van der Waals surface area contributed by atoms with E-state index in [1.807, 2.05) is 18.0 Å². The highest BCUT2D eigenvalue weighted by molar-refractivity contribution is 8.00. The molecule has 0 amide bonds. The van der Waals surface area contributed by atoms with Crippen LogP contribution in [0.5, 0.6) is 0 Å². The molecule has 0 bridgehead atoms. The van der Waals surface area contributed by atoms with Gasteiger partial charge in [0.05, 0.1) is 6.20 Å². The van der Waals surface area contributed by atoms with Crippen molar-refractivity contribution < 1.29 is 0 Å². The van der Waals surface area contributed by atoms with E-state index >= 15 is 0 Å². The lowest BCUT2D eigenvalue weighted by atomic mass is 10.1. The maximum Gasteiger partial charge on any atom is 0.154 e. The topological polar surface area (TPSA) is 29.0 Å². The predicted molar refractivity (Wildman–Crippen MR) is 93.8 cm³/mol. The minimum atomic E-state index is 0.705. The fourth-order valence-corrected chi connectivity index (χ4v) is 4.13. The van der Waals surface area contributed by atoms with Gasteiger partial charge in [-0.1, -0.05) is 17.7 Å². The van der Waals surface area contributed by atoms with Crippen molar-refractivity contribution in [3.63, 3.8) is 0 Å². The molecule has 4 heteroatoms. The Morgan fingerprint density at radius 1 is 1.14 bits per heavy atom. The molecule has 2 heterocycles. The van der Waals surface area contributed by atoms with Gasteiger partial charge in [-0.2, -0.15) is 5.10 Å². The van der Waals surface area contributed by atoms with Crippen molar-refractivity contribution in [2.24, 2.45) is 0 Å². The highest BCUT2D eigenvalue weighted by atomic mass is 32.2. The molecule has 0 aliphatic carbocycles. The van der Waals surface area contributed by atoms with Crippen LogP contribution in [0.4, 0.5) is 5.82 Å². The number of hydrogen-bond acceptors (Lipinski definition) is 4. The zero-order chi connectivity index (χ0) is 15.5. The monoisotopic (exact) mass is 313 g/mol. The van der Waals surface area contributed by atoms with Gasteiger partial charge in [0.1, 0.15) is 0 Å². The second-order valence-corrected chi connectivity index (χ2v) is 7.47. The lowest BCUT2D eigenvalue weighted by Gasteiger charge is -2.33. The number of benzene rings is 1. The van der Waals surface area contributed by atoms with E-state index in [1.165, 1.54) is 34.4 Å². The summed E-state index contributed by atoms with van der Waals surface area (Å²) in [7, 11) is 0. The molecule has 22 heavy (non-hydrogen) atoms. The molecule has 2 aromatic rings. The Morgan fingerprint density at radius 3 is 2.64 bits per heavy atom. The van der Waals surface area contributed by atoms with Gasteiger partial charge in [0.25, 0.3) is 0 Å². The Bertz CT molecular complexity index is 649. The van der Waals surface area contributed by atoms with Gasteiger partial charge in [0.15, 0.2) is 5.82 Å². The van der Waals surface area contributed by atoms with E-state index in [-0.39, 0.29) is 0 Å². The van der Waals surface area contributed by atoms with Gasteiger partial charge in [-0.05, 0) is 56.9 Å². The smallest absolute Gasteiger partial charge is 0.154 e. The van der Waals surface area contributed by atoms with Crippen LogP contribution in [-0.4, -0.2) is 28.5 Å². The summed E-state index contributed by atoms with van der Waals surface area (Å²) in [4.78, 5) is 3.79. The third-order valence-electron chi connectivity index (χ3n) is 4.36. The highest BCUT2D eigenvalue weighted by Gasteiger charge is 2.22. The Kier molecular flexibility index (Phi) is 4.67. The van der Waals surface area contributed by atoms with Crippen molar-refractivity contribution in [1.82, 2.24) is 10.2 Å². The summed E-state index contributed by atoms with van der Waals surface area (Å²) in [5, 5.41) is 9.18. The second kappa shape index (κ2) is 6.69. The van der Waals surface area contributed by atoms with Crippen LogP contribution in [0.1, 0.15) is 29.5 Å². The maximum atomic E-state index is 4.35. The van der Waals surface area contributed by atoms with Crippen LogP contribution in [0, 0.1) is 20.8 Å². The third kappa shape index (κ3) is 3.43. The van der Waals surface area contributed by atoms with E-state index in [9.17, 15) is 0 Å². The molecule has 0 saturated carbocycles. The van der Waals surface area contributed by atoms with Crippen LogP contribution >= 0.6 is 11.8 Å². The first kappa shape index (κ1) is 15.3. The molecule has 3 rings (SSSR count). The summed E-state index contributed by atoms with van der Waals surface area (Å²) in [5.41, 5.74) is 3.83. The van der Waals surface area contributed by atoms with Crippen LogP contribution in [-0.2, 0) is 0 Å². The largest absolute Gasteiger partial charge is 0.355 e. The minimum absolute atomic E-state index is 0.705. The molecule has 0 radical (unpaired) electrons. The fraction of sp³-hybridized carbons (Fsp3) is 0.444. The quantitative estimate of drug-likeness (QED) is 0.850. The van der Waals surface area contributed by atoms with Crippen molar-refractivity contribution in [2.45, 2.75) is 43.8 Å². The molecule has 1 aliphatic rings. The second-order valence-electron chi connectivity index (χ2n) is 6.10. The fourth-order valence-electron chi connectivity index (χ4n) is 2.89. The summed E-state index contributed by atoms with van der Waals surface area (Å²) in [6.07, 6.45) is 4.25. The van der Waals surface area contributed by atoms with Crippen molar-refractivity contribution in [3.8, 4) is 0 Å². The van der Waals surface area contributed by atoms with Gasteiger partial charge in [0, 0.05) is 23.2 Å². The molecule has 3 nitrogen and oxygen atoms in total. The Balaban J connectivity index is 1.62. The molecule has 1 fully saturated rings. The lowest BCUT2D eigenvalue weighted by Crippen LogP contribution is -2.36. The molecule has 0 N–H and O–H groups in total. The van der Waals surface area contributed by atoms with Crippen molar-refractivity contribution in [3.05, 3.63) is 47.2 Å². The van der Waals surface area contributed by atoms with Crippen LogP contribution < -0.4 is 4.90 Å². The summed E-state index contributed by atoms with van der Waals surface area (Å²) in [5.74, 6) is 1.07. The number of rotatable bonds is 3. The molecule has 116 valence electrons. The van der Waals surface area contributed by atoms with E-state index < -0.39 is 0 Å². The van der Waals surface area contributed by atoms with E-state index in [4.69, 9.17) is 0 Å². The first-order valence-electron chi connectivity index (χ1n) is 7.90. The number of nitrogens with zero attached hydrogens (tertiary/aromatic N) is 3. The molecular formula is C18H23N3S. The van der Waals surface area contributed by atoms with Crippen molar-refractivity contribution in [1.29, 1.82) is 0 Å². The zero-order valence-corrected chi connectivity index (χ0v) is 14.4. The number of anilines is 1. The number of aromatic nitrogens is 2. The van der Waals surface area contributed by atoms with Gasteiger partial charge >= 0.3 is 0 Å². The third-order valence-corrected chi connectivity index (χ3v) is 5.70. The van der Waals surface area contributed by atoms with E-state index in [0.717, 1.165) is 18.9 Å². The highest BCUT2D eigenvalue weighted by Crippen LogP contribution is 2.32. The number of thioether (sulfide) groups is 1. The van der Waals surface area contributed by atoms with E-state index in [2.05, 4.69) is 60.1 Å². The number of aryl methyl sites for hydroxylation is 2. The zero-order valence-electron chi connectivity index (χ0n) is 13.5. The standard InChI is InChI=1S/C18H23N3S/c1-13-5-4-6-17(11-13)22-16-7-9-21(10-8-16)18-15(3)14(2)12-19-20-18/h4-6,11-12,16H,7-10H2,1-3H3. The first-order valence-corrected chi connectivity index (χ1v) is 8.78. The SMILES string of the molecule is Cc1cccc(SC2CCN(c3nncc(C)c3C)CC2)c1. The predicted octanol–water partition coefficient (Wildman–Crippen LogP) is 4.16. The summed E-state index contributed by atoms with van der Waals surface area (Å²) in [6.45, 7) is 8.55. The molecular weight excluding hydrogens is 290 g/mol. The Hall–Kier alpha value is -1.55. The van der Waals surface area contributed by atoms with E-state index in [0.29, 0.717) is 5.25 Å². The molecule has 1 aromatic heterocycles. The average molecular weight is 313 g/mol. The lowest BCUT2D eigenvalue weighted by molar-refractivity contribution is 0.582. The maximum absolute atomic E-state index is 4.35. The number of piperidine rings is 1. The Labute approximate surface area is 137 Å². The summed E-state index contributed by atoms with van der Waals surface area (Å²) in [6, 6.07) is 8.82. The molecule has 0 unspecified atom stereocenters. The molecule has 0 spiro atoms.